The van der Waals surface area contributed by atoms with E-state index in [1.165, 1.54) is 16.7 Å². The summed E-state index contributed by atoms with van der Waals surface area (Å²) in [6.07, 6.45) is 1.08. The number of aliphatic carboxylic acids is 1. The molecular weight excluding hydrogens is 394 g/mol. The zero-order chi connectivity index (χ0) is 20.3. The number of carboxylic acids is 1. The van der Waals surface area contributed by atoms with Crippen LogP contribution < -0.4 is 9.64 Å². The van der Waals surface area contributed by atoms with Crippen LogP contribution in [-0.2, 0) is 9.59 Å². The van der Waals surface area contributed by atoms with Gasteiger partial charge in [-0.3, -0.25) is 9.69 Å². The maximum atomic E-state index is 12.9. The molecule has 1 heterocycles. The minimum Gasteiger partial charge on any atom is -0.479 e. The smallest absolute Gasteiger partial charge is 0.344 e. The van der Waals surface area contributed by atoms with Gasteiger partial charge in [0.15, 0.2) is 10.4 Å². The van der Waals surface area contributed by atoms with Crippen LogP contribution >= 0.6 is 24.0 Å². The van der Waals surface area contributed by atoms with E-state index in [0.717, 1.165) is 11.3 Å². The van der Waals surface area contributed by atoms with Crippen LogP contribution in [0.25, 0.3) is 6.08 Å². The Bertz CT molecular complexity index is 970. The molecule has 0 bridgehead atoms. The lowest BCUT2D eigenvalue weighted by Gasteiger charge is -2.15. The second-order valence-corrected chi connectivity index (χ2v) is 7.92. The number of carbonyl (C=O) groups is 2. The average molecular weight is 414 g/mol. The molecule has 144 valence electrons. The molecule has 1 fully saturated rings. The molecule has 0 radical (unpaired) electrons. The highest BCUT2D eigenvalue weighted by Gasteiger charge is 2.33. The first kappa shape index (κ1) is 20.1. The minimum atomic E-state index is -1.02. The van der Waals surface area contributed by atoms with Gasteiger partial charge >= 0.3 is 5.97 Å². The molecule has 1 amide bonds. The number of thioether (sulfide) groups is 1. The standard InChI is InChI=1S/C21H19NO4S2/c1-3-16(20(24)25)26-17-10-5-4-8-14(17)12-18-19(23)22(21(27)28-18)15-9-6-7-13(2)11-15/h4-12,16H,3H2,1-2H3,(H,24,25)/b18-12+. The molecule has 5 nitrogen and oxygen atoms in total. The van der Waals surface area contributed by atoms with Crippen molar-refractivity contribution in [3.63, 3.8) is 0 Å². The number of rotatable bonds is 6. The first-order valence-electron chi connectivity index (χ1n) is 8.73. The van der Waals surface area contributed by atoms with Crippen LogP contribution in [0.15, 0.2) is 53.4 Å². The van der Waals surface area contributed by atoms with Gasteiger partial charge < -0.3 is 9.84 Å². The number of carboxylic acid groups (broad SMARTS) is 1. The summed E-state index contributed by atoms with van der Waals surface area (Å²) in [6.45, 7) is 3.70. The van der Waals surface area contributed by atoms with Gasteiger partial charge in [0.1, 0.15) is 5.75 Å². The van der Waals surface area contributed by atoms with Gasteiger partial charge in [-0.15, -0.1) is 0 Å². The van der Waals surface area contributed by atoms with Crippen LogP contribution in [0, 0.1) is 6.92 Å². The number of para-hydroxylation sites is 1. The number of nitrogens with zero attached hydrogens (tertiary/aromatic N) is 1. The van der Waals surface area contributed by atoms with E-state index in [9.17, 15) is 14.7 Å². The zero-order valence-corrected chi connectivity index (χ0v) is 17.0. The Kier molecular flexibility index (Phi) is 6.16. The van der Waals surface area contributed by atoms with Crippen molar-refractivity contribution >= 4 is 51.9 Å². The summed E-state index contributed by atoms with van der Waals surface area (Å²) in [4.78, 5) is 26.2. The molecule has 1 unspecified atom stereocenters. The number of aryl methyl sites for hydroxylation is 1. The number of ether oxygens (including phenoxy) is 1. The summed E-state index contributed by atoms with van der Waals surface area (Å²) in [5, 5.41) is 9.25. The predicted molar refractivity (Wildman–Crippen MR) is 116 cm³/mol. The maximum absolute atomic E-state index is 12.9. The lowest BCUT2D eigenvalue weighted by molar-refractivity contribution is -0.145. The van der Waals surface area contributed by atoms with Gasteiger partial charge in [0.05, 0.1) is 10.6 Å². The van der Waals surface area contributed by atoms with Crippen LogP contribution in [0.1, 0.15) is 24.5 Å². The molecule has 1 saturated heterocycles. The number of amides is 1. The summed E-state index contributed by atoms with van der Waals surface area (Å²) < 4.78 is 6.10. The van der Waals surface area contributed by atoms with E-state index < -0.39 is 12.1 Å². The van der Waals surface area contributed by atoms with Crippen LogP contribution in [0.5, 0.6) is 5.75 Å². The zero-order valence-electron chi connectivity index (χ0n) is 15.4. The van der Waals surface area contributed by atoms with Crippen molar-refractivity contribution in [1.82, 2.24) is 0 Å². The predicted octanol–water partition coefficient (Wildman–Crippen LogP) is 4.64. The molecule has 28 heavy (non-hydrogen) atoms. The lowest BCUT2D eigenvalue weighted by atomic mass is 10.1. The van der Waals surface area contributed by atoms with Crippen molar-refractivity contribution < 1.29 is 19.4 Å². The highest BCUT2D eigenvalue weighted by Crippen LogP contribution is 2.37. The number of benzene rings is 2. The Morgan fingerprint density at radius 2 is 2.04 bits per heavy atom. The molecule has 2 aromatic rings. The van der Waals surface area contributed by atoms with Gasteiger partial charge in [0.25, 0.3) is 5.91 Å². The molecule has 0 saturated carbocycles. The number of carbonyl (C=O) groups excluding carboxylic acids is 1. The molecule has 1 aliphatic rings. The third-order valence-electron chi connectivity index (χ3n) is 4.17. The van der Waals surface area contributed by atoms with Crippen LogP contribution in [-0.4, -0.2) is 27.4 Å². The lowest BCUT2D eigenvalue weighted by Crippen LogP contribution is -2.27. The maximum Gasteiger partial charge on any atom is 0.344 e. The van der Waals surface area contributed by atoms with E-state index in [1.54, 1.807) is 31.2 Å². The average Bonchev–Trinajstić information content (AvgIpc) is 2.94. The fourth-order valence-electron chi connectivity index (χ4n) is 2.77. The Hall–Kier alpha value is -2.64. The summed E-state index contributed by atoms with van der Waals surface area (Å²) in [5.41, 5.74) is 2.40. The molecule has 1 N–H and O–H groups in total. The van der Waals surface area contributed by atoms with E-state index in [-0.39, 0.29) is 5.91 Å². The van der Waals surface area contributed by atoms with Gasteiger partial charge in [-0.25, -0.2) is 4.79 Å². The third-order valence-corrected chi connectivity index (χ3v) is 5.48. The van der Waals surface area contributed by atoms with E-state index in [4.69, 9.17) is 17.0 Å². The largest absolute Gasteiger partial charge is 0.479 e. The Morgan fingerprint density at radius 1 is 1.29 bits per heavy atom. The highest BCUT2D eigenvalue weighted by molar-refractivity contribution is 8.27. The topological polar surface area (TPSA) is 66.8 Å². The van der Waals surface area contributed by atoms with Gasteiger partial charge in [-0.2, -0.15) is 0 Å². The van der Waals surface area contributed by atoms with Crippen molar-refractivity contribution in [1.29, 1.82) is 0 Å². The first-order chi connectivity index (χ1) is 13.4. The number of anilines is 1. The van der Waals surface area contributed by atoms with Crippen LogP contribution in [0.3, 0.4) is 0 Å². The van der Waals surface area contributed by atoms with Gasteiger partial charge in [-0.1, -0.05) is 61.2 Å². The van der Waals surface area contributed by atoms with Gasteiger partial charge in [0.2, 0.25) is 0 Å². The van der Waals surface area contributed by atoms with E-state index in [2.05, 4.69) is 0 Å². The fourth-order valence-corrected chi connectivity index (χ4v) is 4.06. The second-order valence-electron chi connectivity index (χ2n) is 6.25. The van der Waals surface area contributed by atoms with E-state index >= 15 is 0 Å². The second kappa shape index (κ2) is 8.58. The molecule has 7 heteroatoms. The Labute approximate surface area is 173 Å². The molecule has 3 rings (SSSR count). The fraction of sp³-hybridized carbons (Fsp3) is 0.190. The van der Waals surface area contributed by atoms with Gasteiger partial charge in [-0.05, 0) is 43.2 Å². The summed E-state index contributed by atoms with van der Waals surface area (Å²) >= 11 is 6.62. The van der Waals surface area contributed by atoms with Crippen molar-refractivity contribution in [3.05, 3.63) is 64.6 Å². The molecule has 2 aromatic carbocycles. The van der Waals surface area contributed by atoms with Crippen molar-refractivity contribution in [3.8, 4) is 5.75 Å². The van der Waals surface area contributed by atoms with Crippen LogP contribution in [0.2, 0.25) is 0 Å². The molecular formula is C21H19NO4S2. The summed E-state index contributed by atoms with van der Waals surface area (Å²) in [6, 6.07) is 14.6. The monoisotopic (exact) mass is 413 g/mol. The molecule has 1 atom stereocenters. The van der Waals surface area contributed by atoms with Gasteiger partial charge in [0, 0.05) is 5.56 Å². The third kappa shape index (κ3) is 4.26. The molecule has 0 aliphatic carbocycles. The van der Waals surface area contributed by atoms with Crippen molar-refractivity contribution in [2.45, 2.75) is 26.4 Å². The summed E-state index contributed by atoms with van der Waals surface area (Å²) in [7, 11) is 0. The van der Waals surface area contributed by atoms with Crippen molar-refractivity contribution in [2.24, 2.45) is 0 Å². The van der Waals surface area contributed by atoms with Crippen LogP contribution in [0.4, 0.5) is 5.69 Å². The molecule has 0 spiro atoms. The molecule has 1 aliphatic heterocycles. The Morgan fingerprint density at radius 3 is 2.71 bits per heavy atom. The van der Waals surface area contributed by atoms with Crippen molar-refractivity contribution in [2.75, 3.05) is 4.90 Å². The summed E-state index contributed by atoms with van der Waals surface area (Å²) in [5.74, 6) is -0.818. The number of thiocarbonyl (C=S) groups is 1. The van der Waals surface area contributed by atoms with E-state index in [1.807, 2.05) is 37.3 Å². The quantitative estimate of drug-likeness (QED) is 0.550. The first-order valence-corrected chi connectivity index (χ1v) is 9.96. The minimum absolute atomic E-state index is 0.208. The number of hydrogen-bond acceptors (Lipinski definition) is 5. The van der Waals surface area contributed by atoms with E-state index in [0.29, 0.717) is 27.0 Å². The Balaban J connectivity index is 1.92. The SMILES string of the molecule is CCC(Oc1ccccc1/C=C1/SC(=S)N(c2cccc(C)c2)C1=O)C(=O)O. The normalized spacial score (nSPS) is 16.5. The highest BCUT2D eigenvalue weighted by atomic mass is 32.2. The number of hydrogen-bond donors (Lipinski definition) is 1. The molecule has 0 aromatic heterocycles.